The lowest BCUT2D eigenvalue weighted by molar-refractivity contribution is -0.0579. The van der Waals surface area contributed by atoms with Gasteiger partial charge in [-0.15, -0.1) is 0 Å². The molecule has 158 valence electrons. The number of allylic oxidation sites excluding steroid dienone is 6. The molecule has 1 aliphatic heterocycles. The van der Waals surface area contributed by atoms with Crippen molar-refractivity contribution in [2.45, 2.75) is 58.0 Å². The largest absolute Gasteiger partial charge is 0.496 e. The van der Waals surface area contributed by atoms with Crippen LogP contribution in [0.5, 0.6) is 5.75 Å². The van der Waals surface area contributed by atoms with Crippen LogP contribution in [0.15, 0.2) is 57.3 Å². The van der Waals surface area contributed by atoms with Gasteiger partial charge in [0.2, 0.25) is 0 Å². The molecular weight excluding hydrogens is 372 g/mol. The maximum atomic E-state index is 11.5. The number of rotatable bonds is 6. The minimum Gasteiger partial charge on any atom is -0.496 e. The summed E-state index contributed by atoms with van der Waals surface area (Å²) in [6.45, 7) is 8.79. The highest BCUT2D eigenvalue weighted by molar-refractivity contribution is 5.52. The molecule has 0 aliphatic carbocycles. The SMILES string of the molecule is COc1cc(=O)oc(/C=C/C=C/C=C/C(C)=C\[C@]2(C)O[C@@H](C)[C@@](C)(O)[C@@H]2O)c1C. The Kier molecular flexibility index (Phi) is 7.06. The lowest BCUT2D eigenvalue weighted by Crippen LogP contribution is -2.47. The Labute approximate surface area is 171 Å². The molecule has 0 unspecified atom stereocenters. The molecule has 1 aliphatic rings. The highest BCUT2D eigenvalue weighted by Gasteiger charge is 2.55. The maximum Gasteiger partial charge on any atom is 0.339 e. The van der Waals surface area contributed by atoms with Gasteiger partial charge in [0, 0.05) is 5.56 Å². The summed E-state index contributed by atoms with van der Waals surface area (Å²) in [5.74, 6) is 0.934. The summed E-state index contributed by atoms with van der Waals surface area (Å²) in [7, 11) is 1.51. The third kappa shape index (κ3) is 5.15. The van der Waals surface area contributed by atoms with E-state index in [1.165, 1.54) is 13.2 Å². The third-order valence-corrected chi connectivity index (χ3v) is 5.22. The molecule has 29 heavy (non-hydrogen) atoms. The number of methoxy groups -OCH3 is 1. The average molecular weight is 402 g/mol. The molecule has 0 radical (unpaired) electrons. The average Bonchev–Trinajstić information content (AvgIpc) is 2.79. The number of ether oxygens (including phenoxy) is 2. The van der Waals surface area contributed by atoms with E-state index in [1.54, 1.807) is 39.0 Å². The van der Waals surface area contributed by atoms with Gasteiger partial charge in [-0.3, -0.25) is 0 Å². The summed E-state index contributed by atoms with van der Waals surface area (Å²) in [5.41, 5.74) is -1.08. The Morgan fingerprint density at radius 1 is 1.24 bits per heavy atom. The van der Waals surface area contributed by atoms with Crippen LogP contribution in [0.4, 0.5) is 0 Å². The minimum absolute atomic E-state index is 0.445. The molecular formula is C23H30O6. The van der Waals surface area contributed by atoms with E-state index in [0.717, 1.165) is 11.1 Å². The molecule has 1 fully saturated rings. The lowest BCUT2D eigenvalue weighted by Gasteiger charge is -2.28. The predicted octanol–water partition coefficient (Wildman–Crippen LogP) is 3.32. The molecule has 6 heteroatoms. The molecule has 2 rings (SSSR count). The second kappa shape index (κ2) is 8.95. The Morgan fingerprint density at radius 3 is 2.48 bits per heavy atom. The standard InChI is InChI=1S/C23H30O6/c1-15(14-22(4)21(25)23(5,26)17(3)29-22)11-9-7-8-10-12-18-16(2)19(27-6)13-20(24)28-18/h7-14,17,21,25-26H,1-6H3/b8-7+,11-9+,12-10+,15-14-/t17-,21+,22-,23+/m0/s1. The smallest absolute Gasteiger partial charge is 0.339 e. The van der Waals surface area contributed by atoms with E-state index in [-0.39, 0.29) is 0 Å². The summed E-state index contributed by atoms with van der Waals surface area (Å²) in [4.78, 5) is 11.5. The first-order chi connectivity index (χ1) is 13.5. The molecule has 0 aromatic carbocycles. The van der Waals surface area contributed by atoms with Gasteiger partial charge in [0.1, 0.15) is 28.8 Å². The lowest BCUT2D eigenvalue weighted by atomic mass is 9.86. The summed E-state index contributed by atoms with van der Waals surface area (Å²) >= 11 is 0. The van der Waals surface area contributed by atoms with Gasteiger partial charge >= 0.3 is 5.63 Å². The van der Waals surface area contributed by atoms with E-state index < -0.39 is 29.0 Å². The van der Waals surface area contributed by atoms with Crippen molar-refractivity contribution in [3.8, 4) is 5.75 Å². The van der Waals surface area contributed by atoms with Gasteiger partial charge in [-0.05, 0) is 46.8 Å². The van der Waals surface area contributed by atoms with Crippen LogP contribution in [0.2, 0.25) is 0 Å². The monoisotopic (exact) mass is 402 g/mol. The van der Waals surface area contributed by atoms with Crippen LogP contribution in [-0.2, 0) is 4.74 Å². The second-order valence-corrected chi connectivity index (χ2v) is 7.69. The molecule has 0 amide bonds. The normalized spacial score (nSPS) is 30.8. The van der Waals surface area contributed by atoms with E-state index in [4.69, 9.17) is 13.9 Å². The number of hydrogen-bond acceptors (Lipinski definition) is 6. The van der Waals surface area contributed by atoms with Gasteiger partial charge in [0.25, 0.3) is 0 Å². The van der Waals surface area contributed by atoms with E-state index in [2.05, 4.69) is 0 Å². The fourth-order valence-corrected chi connectivity index (χ4v) is 3.38. The highest BCUT2D eigenvalue weighted by Crippen LogP contribution is 2.39. The zero-order valence-corrected chi connectivity index (χ0v) is 17.8. The predicted molar refractivity (Wildman–Crippen MR) is 113 cm³/mol. The zero-order chi connectivity index (χ0) is 21.8. The van der Waals surface area contributed by atoms with Crippen LogP contribution >= 0.6 is 0 Å². The van der Waals surface area contributed by atoms with Gasteiger partial charge in [-0.25, -0.2) is 4.79 Å². The Balaban J connectivity index is 2.04. The van der Waals surface area contributed by atoms with Crippen LogP contribution in [0.25, 0.3) is 6.08 Å². The van der Waals surface area contributed by atoms with Crippen LogP contribution in [0.1, 0.15) is 39.0 Å². The minimum atomic E-state index is -1.30. The van der Waals surface area contributed by atoms with Crippen molar-refractivity contribution in [3.63, 3.8) is 0 Å². The maximum absolute atomic E-state index is 11.5. The van der Waals surface area contributed by atoms with Gasteiger partial charge in [0.15, 0.2) is 0 Å². The van der Waals surface area contributed by atoms with Crippen molar-refractivity contribution in [3.05, 3.63) is 69.8 Å². The van der Waals surface area contributed by atoms with Crippen molar-refractivity contribution in [1.29, 1.82) is 0 Å². The summed E-state index contributed by atoms with van der Waals surface area (Å²) in [6.07, 6.45) is 11.1. The molecule has 1 aromatic heterocycles. The van der Waals surface area contributed by atoms with Crippen molar-refractivity contribution in [2.24, 2.45) is 0 Å². The van der Waals surface area contributed by atoms with Crippen molar-refractivity contribution in [2.75, 3.05) is 7.11 Å². The Bertz CT molecular complexity index is 902. The molecule has 0 saturated carbocycles. The molecule has 2 N–H and O–H groups in total. The van der Waals surface area contributed by atoms with Crippen LogP contribution in [0, 0.1) is 6.92 Å². The molecule has 4 atom stereocenters. The summed E-state index contributed by atoms with van der Waals surface area (Å²) in [5, 5.41) is 20.8. The number of aliphatic hydroxyl groups excluding tert-OH is 1. The van der Waals surface area contributed by atoms with Crippen LogP contribution in [0.3, 0.4) is 0 Å². The third-order valence-electron chi connectivity index (χ3n) is 5.22. The van der Waals surface area contributed by atoms with Crippen molar-refractivity contribution in [1.82, 2.24) is 0 Å². The fourth-order valence-electron chi connectivity index (χ4n) is 3.38. The molecule has 0 spiro atoms. The van der Waals surface area contributed by atoms with E-state index >= 15 is 0 Å². The van der Waals surface area contributed by atoms with Crippen LogP contribution in [-0.4, -0.2) is 40.7 Å². The van der Waals surface area contributed by atoms with Crippen molar-refractivity contribution < 1.29 is 24.1 Å². The molecule has 6 nitrogen and oxygen atoms in total. The molecule has 2 heterocycles. The fraction of sp³-hybridized carbons (Fsp3) is 0.435. The summed E-state index contributed by atoms with van der Waals surface area (Å²) < 4.78 is 16.1. The molecule has 1 aromatic rings. The van der Waals surface area contributed by atoms with E-state index in [0.29, 0.717) is 11.5 Å². The van der Waals surface area contributed by atoms with Crippen molar-refractivity contribution >= 4 is 6.08 Å². The van der Waals surface area contributed by atoms with E-state index in [1.807, 2.05) is 38.2 Å². The Morgan fingerprint density at radius 2 is 1.90 bits per heavy atom. The Hall–Kier alpha value is -2.41. The zero-order valence-electron chi connectivity index (χ0n) is 17.8. The molecule has 0 bridgehead atoms. The highest BCUT2D eigenvalue weighted by atomic mass is 16.6. The van der Waals surface area contributed by atoms with Gasteiger partial charge in [-0.1, -0.05) is 36.0 Å². The number of aliphatic hydroxyl groups is 2. The molecule has 1 saturated heterocycles. The van der Waals surface area contributed by atoms with Gasteiger partial charge in [-0.2, -0.15) is 0 Å². The topological polar surface area (TPSA) is 89.1 Å². The van der Waals surface area contributed by atoms with Gasteiger partial charge in [0.05, 0.1) is 19.3 Å². The first kappa shape index (κ1) is 22.9. The first-order valence-corrected chi connectivity index (χ1v) is 9.49. The first-order valence-electron chi connectivity index (χ1n) is 9.49. The number of hydrogen-bond donors (Lipinski definition) is 2. The van der Waals surface area contributed by atoms with Gasteiger partial charge < -0.3 is 24.1 Å². The van der Waals surface area contributed by atoms with Crippen LogP contribution < -0.4 is 10.4 Å². The summed E-state index contributed by atoms with van der Waals surface area (Å²) in [6, 6.07) is 1.31. The van der Waals surface area contributed by atoms with E-state index in [9.17, 15) is 15.0 Å². The quantitative estimate of drug-likeness (QED) is 0.710. The second-order valence-electron chi connectivity index (χ2n) is 7.69.